The van der Waals surface area contributed by atoms with Crippen LogP contribution in [0.4, 0.5) is 17.1 Å². The number of ether oxygens (including phenoxy) is 1. The van der Waals surface area contributed by atoms with E-state index in [1.54, 1.807) is 43.3 Å². The summed E-state index contributed by atoms with van der Waals surface area (Å²) in [6.07, 6.45) is 0.738. The summed E-state index contributed by atoms with van der Waals surface area (Å²) in [5, 5.41) is 13.9. The molecule has 162 valence electrons. The lowest BCUT2D eigenvalue weighted by Gasteiger charge is -2.17. The van der Waals surface area contributed by atoms with Crippen LogP contribution < -0.4 is 10.2 Å². The van der Waals surface area contributed by atoms with Crippen molar-refractivity contribution < 1.29 is 24.0 Å². The number of hydrogen-bond acceptors (Lipinski definition) is 6. The molecule has 0 bridgehead atoms. The molecule has 9 heteroatoms. The van der Waals surface area contributed by atoms with Gasteiger partial charge in [-0.3, -0.25) is 19.7 Å². The Morgan fingerprint density at radius 2 is 1.94 bits per heavy atom. The van der Waals surface area contributed by atoms with E-state index < -0.39 is 16.8 Å². The van der Waals surface area contributed by atoms with Crippen LogP contribution in [-0.4, -0.2) is 35.9 Å². The summed E-state index contributed by atoms with van der Waals surface area (Å²) in [7, 11) is 0. The number of esters is 1. The molecule has 2 amide bonds. The molecule has 0 unspecified atom stereocenters. The second-order valence-electron chi connectivity index (χ2n) is 7.34. The number of anilines is 2. The monoisotopic (exact) mass is 425 g/mol. The van der Waals surface area contributed by atoms with Gasteiger partial charge in [0.1, 0.15) is 0 Å². The second kappa shape index (κ2) is 9.38. The average molecular weight is 425 g/mol. The van der Waals surface area contributed by atoms with Gasteiger partial charge < -0.3 is 15.0 Å². The molecule has 2 aromatic carbocycles. The lowest BCUT2D eigenvalue weighted by Crippen LogP contribution is -2.28. The Hall–Kier alpha value is -3.75. The van der Waals surface area contributed by atoms with Crippen LogP contribution in [0.5, 0.6) is 0 Å². The number of carbonyl (C=O) groups excluding carboxylic acids is 3. The first-order chi connectivity index (χ1) is 14.8. The maximum absolute atomic E-state index is 12.6. The molecule has 1 aliphatic heterocycles. The van der Waals surface area contributed by atoms with Crippen molar-refractivity contribution >= 4 is 34.8 Å². The maximum atomic E-state index is 12.6. The SMILES string of the molecule is CCCOC(=O)c1ccc(NC(=O)[C@H]2CC(=O)N(c3ccc(C)c([N+](=O)[O-])c3)C2)cc1. The van der Waals surface area contributed by atoms with Crippen molar-refractivity contribution in [2.45, 2.75) is 26.7 Å². The largest absolute Gasteiger partial charge is 0.462 e. The third-order valence-corrected chi connectivity index (χ3v) is 5.02. The van der Waals surface area contributed by atoms with Crippen LogP contribution in [0.3, 0.4) is 0 Å². The van der Waals surface area contributed by atoms with Crippen molar-refractivity contribution in [1.82, 2.24) is 0 Å². The van der Waals surface area contributed by atoms with Crippen LogP contribution in [-0.2, 0) is 14.3 Å². The summed E-state index contributed by atoms with van der Waals surface area (Å²) in [4.78, 5) is 49.0. The van der Waals surface area contributed by atoms with Gasteiger partial charge in [-0.15, -0.1) is 0 Å². The van der Waals surface area contributed by atoms with Gasteiger partial charge in [-0.05, 0) is 43.7 Å². The molecule has 0 aromatic heterocycles. The molecule has 31 heavy (non-hydrogen) atoms. The van der Waals surface area contributed by atoms with Gasteiger partial charge in [-0.25, -0.2) is 4.79 Å². The number of nitrogens with one attached hydrogen (secondary N) is 1. The van der Waals surface area contributed by atoms with Gasteiger partial charge in [-0.1, -0.05) is 13.0 Å². The highest BCUT2D eigenvalue weighted by Crippen LogP contribution is 2.30. The lowest BCUT2D eigenvalue weighted by molar-refractivity contribution is -0.385. The summed E-state index contributed by atoms with van der Waals surface area (Å²) in [6.45, 7) is 4.00. The summed E-state index contributed by atoms with van der Waals surface area (Å²) < 4.78 is 5.06. The number of carbonyl (C=O) groups is 3. The zero-order chi connectivity index (χ0) is 22.5. The number of nitro benzene ring substituents is 1. The van der Waals surface area contributed by atoms with E-state index in [-0.39, 0.29) is 30.5 Å². The van der Waals surface area contributed by atoms with Crippen molar-refractivity contribution in [3.05, 3.63) is 63.7 Å². The minimum absolute atomic E-state index is 0.00886. The van der Waals surface area contributed by atoms with Crippen LogP contribution >= 0.6 is 0 Å². The molecule has 1 atom stereocenters. The average Bonchev–Trinajstić information content (AvgIpc) is 3.14. The van der Waals surface area contributed by atoms with Gasteiger partial charge in [0.05, 0.1) is 28.7 Å². The van der Waals surface area contributed by atoms with Gasteiger partial charge in [0.2, 0.25) is 11.8 Å². The molecule has 0 radical (unpaired) electrons. The van der Waals surface area contributed by atoms with Gasteiger partial charge in [0.15, 0.2) is 0 Å². The van der Waals surface area contributed by atoms with Crippen molar-refractivity contribution in [2.24, 2.45) is 5.92 Å². The van der Waals surface area contributed by atoms with E-state index in [0.29, 0.717) is 29.1 Å². The first-order valence-electron chi connectivity index (χ1n) is 9.93. The maximum Gasteiger partial charge on any atom is 0.338 e. The molecule has 0 aliphatic carbocycles. The fraction of sp³-hybridized carbons (Fsp3) is 0.318. The summed E-state index contributed by atoms with van der Waals surface area (Å²) in [6, 6.07) is 10.9. The molecular formula is C22H23N3O6. The molecule has 1 saturated heterocycles. The Morgan fingerprint density at radius 1 is 1.23 bits per heavy atom. The molecule has 1 heterocycles. The summed E-state index contributed by atoms with van der Waals surface area (Å²) in [5.41, 5.74) is 1.70. The Labute approximate surface area is 179 Å². The number of amides is 2. The number of nitrogens with zero attached hydrogens (tertiary/aromatic N) is 2. The Kier molecular flexibility index (Phi) is 6.64. The standard InChI is InChI=1S/C22H23N3O6/c1-3-10-31-22(28)15-5-7-17(8-6-15)23-21(27)16-11-20(26)24(13-16)18-9-4-14(2)19(12-18)25(29)30/h4-9,12,16H,3,10-11,13H2,1-2H3,(H,23,27)/t16-/m0/s1. The summed E-state index contributed by atoms with van der Waals surface area (Å²) in [5.74, 6) is -1.63. The third kappa shape index (κ3) is 5.06. The molecule has 1 aliphatic rings. The fourth-order valence-corrected chi connectivity index (χ4v) is 3.31. The number of benzene rings is 2. The smallest absolute Gasteiger partial charge is 0.338 e. The highest BCUT2D eigenvalue weighted by molar-refractivity contribution is 6.03. The zero-order valence-corrected chi connectivity index (χ0v) is 17.3. The topological polar surface area (TPSA) is 119 Å². The quantitative estimate of drug-likeness (QED) is 0.412. The molecular weight excluding hydrogens is 402 g/mol. The van der Waals surface area contributed by atoms with Crippen LogP contribution in [0.25, 0.3) is 0 Å². The van der Waals surface area contributed by atoms with E-state index in [9.17, 15) is 24.5 Å². The van der Waals surface area contributed by atoms with E-state index in [4.69, 9.17) is 4.74 Å². The van der Waals surface area contributed by atoms with Crippen LogP contribution in [0.2, 0.25) is 0 Å². The minimum atomic E-state index is -0.595. The predicted octanol–water partition coefficient (Wildman–Crippen LogP) is 3.46. The highest BCUT2D eigenvalue weighted by Gasteiger charge is 2.35. The molecule has 9 nitrogen and oxygen atoms in total. The zero-order valence-electron chi connectivity index (χ0n) is 17.3. The predicted molar refractivity (Wildman–Crippen MR) is 114 cm³/mol. The number of aryl methyl sites for hydroxylation is 1. The Balaban J connectivity index is 1.65. The van der Waals surface area contributed by atoms with Gasteiger partial charge >= 0.3 is 5.97 Å². The summed E-state index contributed by atoms with van der Waals surface area (Å²) >= 11 is 0. The Morgan fingerprint density at radius 3 is 2.58 bits per heavy atom. The highest BCUT2D eigenvalue weighted by atomic mass is 16.6. The molecule has 0 saturated carbocycles. The Bertz CT molecular complexity index is 1020. The van der Waals surface area contributed by atoms with Gasteiger partial charge in [-0.2, -0.15) is 0 Å². The van der Waals surface area contributed by atoms with Crippen molar-refractivity contribution in [3.63, 3.8) is 0 Å². The molecule has 1 N–H and O–H groups in total. The third-order valence-electron chi connectivity index (χ3n) is 5.02. The van der Waals surface area contributed by atoms with Crippen molar-refractivity contribution in [1.29, 1.82) is 0 Å². The molecule has 0 spiro atoms. The first kappa shape index (κ1) is 21.9. The number of nitro groups is 1. The van der Waals surface area contributed by atoms with E-state index in [0.717, 1.165) is 6.42 Å². The normalized spacial score (nSPS) is 15.6. The van der Waals surface area contributed by atoms with Gasteiger partial charge in [0, 0.05) is 30.3 Å². The van der Waals surface area contributed by atoms with E-state index in [1.807, 2.05) is 6.92 Å². The van der Waals surface area contributed by atoms with Crippen LogP contribution in [0, 0.1) is 23.0 Å². The van der Waals surface area contributed by atoms with E-state index >= 15 is 0 Å². The van der Waals surface area contributed by atoms with E-state index in [1.165, 1.54) is 11.0 Å². The molecule has 1 fully saturated rings. The number of hydrogen-bond donors (Lipinski definition) is 1. The molecule has 2 aromatic rings. The van der Waals surface area contributed by atoms with Crippen LogP contribution in [0.15, 0.2) is 42.5 Å². The van der Waals surface area contributed by atoms with Crippen molar-refractivity contribution in [3.8, 4) is 0 Å². The lowest BCUT2D eigenvalue weighted by atomic mass is 10.1. The number of rotatable bonds is 7. The fourth-order valence-electron chi connectivity index (χ4n) is 3.31. The minimum Gasteiger partial charge on any atom is -0.462 e. The molecule has 3 rings (SSSR count). The van der Waals surface area contributed by atoms with Gasteiger partial charge in [0.25, 0.3) is 5.69 Å². The van der Waals surface area contributed by atoms with E-state index in [2.05, 4.69) is 5.32 Å². The first-order valence-corrected chi connectivity index (χ1v) is 9.93. The van der Waals surface area contributed by atoms with Crippen molar-refractivity contribution in [2.75, 3.05) is 23.4 Å². The van der Waals surface area contributed by atoms with Crippen LogP contribution in [0.1, 0.15) is 35.7 Å². The second-order valence-corrected chi connectivity index (χ2v) is 7.34.